The van der Waals surface area contributed by atoms with Crippen molar-refractivity contribution < 1.29 is 5.11 Å². The Balaban J connectivity index is 2.03. The number of aliphatic hydroxyl groups excluding tert-OH is 1. The lowest BCUT2D eigenvalue weighted by Gasteiger charge is -2.36. The molecular formula is C15H21NO. The Morgan fingerprint density at radius 2 is 2.06 bits per heavy atom. The van der Waals surface area contributed by atoms with Gasteiger partial charge in [0.1, 0.15) is 0 Å². The van der Waals surface area contributed by atoms with E-state index in [4.69, 9.17) is 0 Å². The van der Waals surface area contributed by atoms with Crippen LogP contribution >= 0.6 is 0 Å². The molecule has 17 heavy (non-hydrogen) atoms. The Kier molecular flexibility index (Phi) is 4.35. The number of hydrogen-bond donors (Lipinski definition) is 1. The summed E-state index contributed by atoms with van der Waals surface area (Å²) in [6.45, 7) is 3.42. The molecule has 92 valence electrons. The third kappa shape index (κ3) is 3.18. The highest BCUT2D eigenvalue weighted by atomic mass is 16.3. The molecule has 2 atom stereocenters. The van der Waals surface area contributed by atoms with Crippen molar-refractivity contribution >= 4 is 0 Å². The predicted octanol–water partition coefficient (Wildman–Crippen LogP) is 2.24. The van der Waals surface area contributed by atoms with Gasteiger partial charge in [-0.25, -0.2) is 0 Å². The van der Waals surface area contributed by atoms with E-state index in [1.807, 2.05) is 6.07 Å². The third-order valence-electron chi connectivity index (χ3n) is 3.52. The molecule has 1 aliphatic heterocycles. The summed E-state index contributed by atoms with van der Waals surface area (Å²) in [4.78, 5) is 2.40. The van der Waals surface area contributed by atoms with Crippen LogP contribution in [0.25, 0.3) is 0 Å². The summed E-state index contributed by atoms with van der Waals surface area (Å²) >= 11 is 0. The number of rotatable bonds is 4. The van der Waals surface area contributed by atoms with Crippen LogP contribution in [0.5, 0.6) is 0 Å². The van der Waals surface area contributed by atoms with Crippen molar-refractivity contribution in [1.29, 1.82) is 0 Å². The summed E-state index contributed by atoms with van der Waals surface area (Å²) in [6, 6.07) is 11.2. The van der Waals surface area contributed by atoms with Crippen LogP contribution in [-0.2, 0) is 6.42 Å². The molecule has 1 N–H and O–H groups in total. The minimum Gasteiger partial charge on any atom is -0.395 e. The summed E-state index contributed by atoms with van der Waals surface area (Å²) in [5.41, 5.74) is 1.30. The maximum Gasteiger partial charge on any atom is 0.0590 e. The average molecular weight is 231 g/mol. The number of nitrogens with zero attached hydrogens (tertiary/aromatic N) is 1. The topological polar surface area (TPSA) is 23.5 Å². The number of hydrogen-bond acceptors (Lipinski definition) is 2. The molecule has 1 heterocycles. The first-order valence-corrected chi connectivity index (χ1v) is 6.37. The van der Waals surface area contributed by atoms with Gasteiger partial charge in [-0.05, 0) is 25.3 Å². The third-order valence-corrected chi connectivity index (χ3v) is 3.52. The molecule has 0 saturated carbocycles. The highest BCUT2D eigenvalue weighted by molar-refractivity contribution is 5.16. The molecule has 2 unspecified atom stereocenters. The zero-order valence-corrected chi connectivity index (χ0v) is 10.4. The van der Waals surface area contributed by atoms with Crippen molar-refractivity contribution in [2.24, 2.45) is 0 Å². The molecule has 0 amide bonds. The predicted molar refractivity (Wildman–Crippen MR) is 70.9 cm³/mol. The van der Waals surface area contributed by atoms with Gasteiger partial charge in [0, 0.05) is 18.6 Å². The summed E-state index contributed by atoms with van der Waals surface area (Å²) in [7, 11) is 0. The first kappa shape index (κ1) is 12.3. The fourth-order valence-corrected chi connectivity index (χ4v) is 2.49. The molecule has 0 fully saturated rings. The van der Waals surface area contributed by atoms with Gasteiger partial charge in [0.2, 0.25) is 0 Å². The SMILES string of the molecule is CC1CC=CCN1C(CO)Cc1ccccc1. The zero-order chi connectivity index (χ0) is 12.1. The highest BCUT2D eigenvalue weighted by Crippen LogP contribution is 2.17. The Bertz CT molecular complexity index is 360. The van der Waals surface area contributed by atoms with Crippen LogP contribution < -0.4 is 0 Å². The Morgan fingerprint density at radius 1 is 1.29 bits per heavy atom. The molecule has 0 bridgehead atoms. The first-order chi connectivity index (χ1) is 8.31. The molecule has 0 spiro atoms. The fraction of sp³-hybridized carbons (Fsp3) is 0.467. The summed E-state index contributed by atoms with van der Waals surface area (Å²) < 4.78 is 0. The Labute approximate surface area is 104 Å². The van der Waals surface area contributed by atoms with E-state index in [-0.39, 0.29) is 12.6 Å². The van der Waals surface area contributed by atoms with Crippen LogP contribution in [0.1, 0.15) is 18.9 Å². The maximum absolute atomic E-state index is 9.59. The lowest BCUT2D eigenvalue weighted by Crippen LogP contribution is -2.46. The van der Waals surface area contributed by atoms with Crippen molar-refractivity contribution in [3.05, 3.63) is 48.0 Å². The molecule has 1 aromatic carbocycles. The molecule has 1 aliphatic rings. The Morgan fingerprint density at radius 3 is 2.71 bits per heavy atom. The number of aliphatic hydroxyl groups is 1. The van der Waals surface area contributed by atoms with Crippen LogP contribution in [0.2, 0.25) is 0 Å². The van der Waals surface area contributed by atoms with Crippen molar-refractivity contribution in [3.8, 4) is 0 Å². The summed E-state index contributed by atoms with van der Waals surface area (Å²) in [5.74, 6) is 0. The molecule has 0 saturated heterocycles. The van der Waals surface area contributed by atoms with Gasteiger partial charge in [0.25, 0.3) is 0 Å². The van der Waals surface area contributed by atoms with Gasteiger partial charge in [-0.15, -0.1) is 0 Å². The van der Waals surface area contributed by atoms with Crippen molar-refractivity contribution in [2.75, 3.05) is 13.2 Å². The van der Waals surface area contributed by atoms with Crippen LogP contribution in [0.4, 0.5) is 0 Å². The van der Waals surface area contributed by atoms with Crippen LogP contribution in [0.15, 0.2) is 42.5 Å². The molecule has 2 rings (SSSR count). The van der Waals surface area contributed by atoms with Gasteiger partial charge in [0.15, 0.2) is 0 Å². The molecule has 2 nitrogen and oxygen atoms in total. The zero-order valence-electron chi connectivity index (χ0n) is 10.4. The summed E-state index contributed by atoms with van der Waals surface area (Å²) in [6.07, 6.45) is 6.45. The van der Waals surface area contributed by atoms with Gasteiger partial charge < -0.3 is 5.11 Å². The van der Waals surface area contributed by atoms with E-state index in [1.54, 1.807) is 0 Å². The van der Waals surface area contributed by atoms with Gasteiger partial charge in [-0.3, -0.25) is 4.90 Å². The molecule has 0 radical (unpaired) electrons. The Hall–Kier alpha value is -1.12. The second-order valence-electron chi connectivity index (χ2n) is 4.78. The van der Waals surface area contributed by atoms with Crippen molar-refractivity contribution in [1.82, 2.24) is 4.90 Å². The lowest BCUT2D eigenvalue weighted by molar-refractivity contribution is 0.0966. The smallest absolute Gasteiger partial charge is 0.0590 e. The van der Waals surface area contributed by atoms with Crippen molar-refractivity contribution in [2.45, 2.75) is 31.8 Å². The molecule has 0 aromatic heterocycles. The van der Waals surface area contributed by atoms with Gasteiger partial charge in [-0.1, -0.05) is 42.5 Å². The van der Waals surface area contributed by atoms with Gasteiger partial charge in [0.05, 0.1) is 6.61 Å². The summed E-state index contributed by atoms with van der Waals surface area (Å²) in [5, 5.41) is 9.59. The van der Waals surface area contributed by atoms with Crippen LogP contribution in [-0.4, -0.2) is 35.2 Å². The van der Waals surface area contributed by atoms with E-state index >= 15 is 0 Å². The fourth-order valence-electron chi connectivity index (χ4n) is 2.49. The molecule has 1 aromatic rings. The minimum absolute atomic E-state index is 0.229. The minimum atomic E-state index is 0.229. The standard InChI is InChI=1S/C15H21NO/c1-13-7-5-6-10-16(13)15(12-17)11-14-8-3-2-4-9-14/h2-6,8-9,13,15,17H,7,10-12H2,1H3. The van der Waals surface area contributed by atoms with E-state index in [9.17, 15) is 5.11 Å². The molecule has 0 aliphatic carbocycles. The van der Waals surface area contributed by atoms with Gasteiger partial charge in [-0.2, -0.15) is 0 Å². The van der Waals surface area contributed by atoms with Crippen LogP contribution in [0.3, 0.4) is 0 Å². The van der Waals surface area contributed by atoms with Crippen LogP contribution in [0, 0.1) is 0 Å². The molecule has 2 heteroatoms. The quantitative estimate of drug-likeness (QED) is 0.803. The van der Waals surface area contributed by atoms with E-state index in [1.165, 1.54) is 5.56 Å². The normalized spacial score (nSPS) is 22.6. The van der Waals surface area contributed by atoms with Crippen molar-refractivity contribution in [3.63, 3.8) is 0 Å². The van der Waals surface area contributed by atoms with E-state index in [0.717, 1.165) is 19.4 Å². The lowest BCUT2D eigenvalue weighted by atomic mass is 10.0. The second-order valence-corrected chi connectivity index (χ2v) is 4.78. The van der Waals surface area contributed by atoms with E-state index in [2.05, 4.69) is 48.2 Å². The van der Waals surface area contributed by atoms with E-state index in [0.29, 0.717) is 6.04 Å². The first-order valence-electron chi connectivity index (χ1n) is 6.37. The number of benzene rings is 1. The van der Waals surface area contributed by atoms with E-state index < -0.39 is 0 Å². The monoisotopic (exact) mass is 231 g/mol. The highest BCUT2D eigenvalue weighted by Gasteiger charge is 2.23. The average Bonchev–Trinajstić information content (AvgIpc) is 2.38. The second kappa shape index (κ2) is 5.99. The largest absolute Gasteiger partial charge is 0.395 e. The maximum atomic E-state index is 9.59. The molecular weight excluding hydrogens is 210 g/mol. The van der Waals surface area contributed by atoms with Gasteiger partial charge >= 0.3 is 0 Å².